The number of hydrogen-bond acceptors (Lipinski definition) is 5. The van der Waals surface area contributed by atoms with Crippen molar-refractivity contribution in [1.82, 2.24) is 15.5 Å². The molecule has 0 saturated carbocycles. The van der Waals surface area contributed by atoms with Gasteiger partial charge in [0.2, 0.25) is 0 Å². The summed E-state index contributed by atoms with van der Waals surface area (Å²) >= 11 is 0. The Hall–Kier alpha value is -1.41. The van der Waals surface area contributed by atoms with E-state index < -0.39 is 11.9 Å². The molecule has 0 amide bonds. The van der Waals surface area contributed by atoms with Gasteiger partial charge in [-0.05, 0) is 25.1 Å². The van der Waals surface area contributed by atoms with Crippen LogP contribution in [0.3, 0.4) is 0 Å². The molecule has 0 aromatic carbocycles. The van der Waals surface area contributed by atoms with Gasteiger partial charge in [0.05, 0.1) is 19.3 Å². The molecule has 1 aromatic rings. The molecule has 0 aliphatic carbocycles. The molecule has 0 radical (unpaired) electrons. The fourth-order valence-corrected chi connectivity index (χ4v) is 2.20. The van der Waals surface area contributed by atoms with Crippen molar-refractivity contribution >= 4 is 5.82 Å². The number of ether oxygens (including phenoxy) is 1. The third kappa shape index (κ3) is 4.28. The highest BCUT2D eigenvalue weighted by Crippen LogP contribution is 2.28. The van der Waals surface area contributed by atoms with Crippen molar-refractivity contribution in [2.24, 2.45) is 0 Å². The van der Waals surface area contributed by atoms with Crippen molar-refractivity contribution < 1.29 is 17.9 Å². The molecule has 1 aliphatic heterocycles. The summed E-state index contributed by atoms with van der Waals surface area (Å²) in [5, 5.41) is 10.3. The number of hydrogen-bond donors (Lipinski definition) is 1. The van der Waals surface area contributed by atoms with E-state index in [4.69, 9.17) is 4.74 Å². The first kappa shape index (κ1) is 16.0. The second-order valence-electron chi connectivity index (χ2n) is 4.90. The number of nitrogens with zero attached hydrogens (tertiary/aromatic N) is 3. The Morgan fingerprint density at radius 3 is 2.81 bits per heavy atom. The summed E-state index contributed by atoms with van der Waals surface area (Å²) < 4.78 is 42.9. The number of halogens is 3. The zero-order valence-electron chi connectivity index (χ0n) is 11.9. The standard InChI is InChI=1S/C13H19F3N4O/c1-2-5-17-8-10-9-21-7-6-20(10)12-4-3-11(18-19-12)13(14,15)16/h3-4,10,17H,2,5-9H2,1H3. The van der Waals surface area contributed by atoms with E-state index in [0.717, 1.165) is 19.0 Å². The lowest BCUT2D eigenvalue weighted by Crippen LogP contribution is -2.51. The average Bonchev–Trinajstić information content (AvgIpc) is 2.47. The van der Waals surface area contributed by atoms with E-state index in [1.165, 1.54) is 6.07 Å². The SMILES string of the molecule is CCCNCC1COCCN1c1ccc(C(F)(F)F)nn1. The molecule has 1 saturated heterocycles. The molecule has 1 N–H and O–H groups in total. The summed E-state index contributed by atoms with van der Waals surface area (Å²) in [6, 6.07) is 2.39. The summed E-state index contributed by atoms with van der Waals surface area (Å²) in [5.74, 6) is 0.453. The predicted molar refractivity (Wildman–Crippen MR) is 72.1 cm³/mol. The van der Waals surface area contributed by atoms with Crippen molar-refractivity contribution in [2.45, 2.75) is 25.6 Å². The molecule has 21 heavy (non-hydrogen) atoms. The maximum Gasteiger partial charge on any atom is 0.435 e. The smallest absolute Gasteiger partial charge is 0.377 e. The zero-order chi connectivity index (χ0) is 15.3. The van der Waals surface area contributed by atoms with Gasteiger partial charge in [-0.1, -0.05) is 6.92 Å². The molecular weight excluding hydrogens is 285 g/mol. The predicted octanol–water partition coefficient (Wildman–Crippen LogP) is 1.70. The molecule has 0 spiro atoms. The van der Waals surface area contributed by atoms with Crippen LogP contribution in [0.4, 0.5) is 19.0 Å². The van der Waals surface area contributed by atoms with Crippen LogP contribution < -0.4 is 10.2 Å². The van der Waals surface area contributed by atoms with Crippen LogP contribution >= 0.6 is 0 Å². The van der Waals surface area contributed by atoms with E-state index >= 15 is 0 Å². The normalized spacial score (nSPS) is 19.8. The Bertz CT molecular complexity index is 438. The Morgan fingerprint density at radius 1 is 1.38 bits per heavy atom. The summed E-state index contributed by atoms with van der Waals surface area (Å²) in [4.78, 5) is 1.94. The average molecular weight is 304 g/mol. The first-order valence-electron chi connectivity index (χ1n) is 6.98. The maximum absolute atomic E-state index is 12.5. The number of anilines is 1. The third-order valence-corrected chi connectivity index (χ3v) is 3.27. The van der Waals surface area contributed by atoms with Gasteiger partial charge in [-0.25, -0.2) is 0 Å². The molecule has 1 aromatic heterocycles. The van der Waals surface area contributed by atoms with Crippen LogP contribution in [-0.2, 0) is 10.9 Å². The fourth-order valence-electron chi connectivity index (χ4n) is 2.20. The van der Waals surface area contributed by atoms with Crippen LogP contribution in [0.2, 0.25) is 0 Å². The molecule has 8 heteroatoms. The van der Waals surface area contributed by atoms with Gasteiger partial charge in [-0.3, -0.25) is 0 Å². The minimum absolute atomic E-state index is 0.0522. The van der Waals surface area contributed by atoms with E-state index in [9.17, 15) is 13.2 Å². The van der Waals surface area contributed by atoms with Gasteiger partial charge in [0.25, 0.3) is 0 Å². The Kier molecular flexibility index (Phi) is 5.35. The largest absolute Gasteiger partial charge is 0.435 e. The highest BCUT2D eigenvalue weighted by atomic mass is 19.4. The molecule has 1 aliphatic rings. The zero-order valence-corrected chi connectivity index (χ0v) is 11.9. The van der Waals surface area contributed by atoms with E-state index in [1.54, 1.807) is 0 Å². The lowest BCUT2D eigenvalue weighted by atomic mass is 10.2. The van der Waals surface area contributed by atoms with E-state index in [-0.39, 0.29) is 6.04 Å². The van der Waals surface area contributed by atoms with Crippen LogP contribution in [0.15, 0.2) is 12.1 Å². The number of alkyl halides is 3. The molecule has 118 valence electrons. The van der Waals surface area contributed by atoms with Crippen LogP contribution in [0.1, 0.15) is 19.0 Å². The first-order chi connectivity index (χ1) is 10.0. The summed E-state index contributed by atoms with van der Waals surface area (Å²) in [6.07, 6.45) is -3.44. The molecule has 2 rings (SSSR count). The van der Waals surface area contributed by atoms with Crippen molar-refractivity contribution in [1.29, 1.82) is 0 Å². The quantitative estimate of drug-likeness (QED) is 0.839. The number of rotatable bonds is 5. The van der Waals surface area contributed by atoms with Crippen molar-refractivity contribution in [2.75, 3.05) is 37.7 Å². The molecule has 5 nitrogen and oxygen atoms in total. The highest BCUT2D eigenvalue weighted by molar-refractivity contribution is 5.39. The molecule has 1 atom stereocenters. The molecular formula is C13H19F3N4O. The van der Waals surface area contributed by atoms with Gasteiger partial charge in [0, 0.05) is 13.1 Å². The summed E-state index contributed by atoms with van der Waals surface area (Å²) in [5.41, 5.74) is -0.972. The van der Waals surface area contributed by atoms with Gasteiger partial charge in [0.1, 0.15) is 0 Å². The monoisotopic (exact) mass is 304 g/mol. The maximum atomic E-state index is 12.5. The van der Waals surface area contributed by atoms with Gasteiger partial charge in [-0.15, -0.1) is 10.2 Å². The molecule has 1 unspecified atom stereocenters. The first-order valence-corrected chi connectivity index (χ1v) is 6.98. The van der Waals surface area contributed by atoms with Gasteiger partial charge < -0.3 is 15.0 Å². The lowest BCUT2D eigenvalue weighted by Gasteiger charge is -2.36. The van der Waals surface area contributed by atoms with Crippen LogP contribution in [0, 0.1) is 0 Å². The van der Waals surface area contributed by atoms with E-state index in [2.05, 4.69) is 22.4 Å². The second kappa shape index (κ2) is 7.04. The van der Waals surface area contributed by atoms with Crippen LogP contribution in [0.25, 0.3) is 0 Å². The molecule has 2 heterocycles. The van der Waals surface area contributed by atoms with Crippen molar-refractivity contribution in [3.05, 3.63) is 17.8 Å². The van der Waals surface area contributed by atoms with Crippen molar-refractivity contribution in [3.63, 3.8) is 0 Å². The van der Waals surface area contributed by atoms with Gasteiger partial charge in [0.15, 0.2) is 11.5 Å². The lowest BCUT2D eigenvalue weighted by molar-refractivity contribution is -0.141. The minimum atomic E-state index is -4.46. The van der Waals surface area contributed by atoms with Crippen LogP contribution in [-0.4, -0.2) is 49.1 Å². The third-order valence-electron chi connectivity index (χ3n) is 3.27. The van der Waals surface area contributed by atoms with E-state index in [0.29, 0.717) is 32.1 Å². The Balaban J connectivity index is 2.06. The second-order valence-corrected chi connectivity index (χ2v) is 4.90. The fraction of sp³-hybridized carbons (Fsp3) is 0.692. The number of nitrogens with one attached hydrogen (secondary N) is 1. The number of morpholine rings is 1. The number of aromatic nitrogens is 2. The van der Waals surface area contributed by atoms with E-state index in [1.807, 2.05) is 4.90 Å². The van der Waals surface area contributed by atoms with Gasteiger partial charge >= 0.3 is 6.18 Å². The highest BCUT2D eigenvalue weighted by Gasteiger charge is 2.33. The molecule has 0 bridgehead atoms. The van der Waals surface area contributed by atoms with Gasteiger partial charge in [-0.2, -0.15) is 13.2 Å². The van der Waals surface area contributed by atoms with Crippen LogP contribution in [0.5, 0.6) is 0 Å². The minimum Gasteiger partial charge on any atom is -0.377 e. The Labute approximate surface area is 121 Å². The Morgan fingerprint density at radius 2 is 2.19 bits per heavy atom. The summed E-state index contributed by atoms with van der Waals surface area (Å²) in [6.45, 7) is 5.33. The molecule has 1 fully saturated rings. The topological polar surface area (TPSA) is 50.3 Å². The summed E-state index contributed by atoms with van der Waals surface area (Å²) in [7, 11) is 0. The van der Waals surface area contributed by atoms with Crippen molar-refractivity contribution in [3.8, 4) is 0 Å².